The van der Waals surface area contributed by atoms with E-state index in [-0.39, 0.29) is 17.7 Å². The number of aliphatic carboxylic acids is 1. The van der Waals surface area contributed by atoms with Crippen molar-refractivity contribution in [3.8, 4) is 0 Å². The molecule has 128 valence electrons. The second-order valence-corrected chi connectivity index (χ2v) is 7.47. The van der Waals surface area contributed by atoms with Crippen LogP contribution in [0.4, 0.5) is 0 Å². The second kappa shape index (κ2) is 6.49. The first-order valence-corrected chi connectivity index (χ1v) is 8.76. The molecule has 0 aromatic rings. The zero-order valence-corrected chi connectivity index (χ0v) is 13.7. The maximum atomic E-state index is 12.6. The van der Waals surface area contributed by atoms with E-state index < -0.39 is 11.9 Å². The molecule has 0 bridgehead atoms. The van der Waals surface area contributed by atoms with Gasteiger partial charge < -0.3 is 14.9 Å². The summed E-state index contributed by atoms with van der Waals surface area (Å²) in [7, 11) is 0. The van der Waals surface area contributed by atoms with Crippen LogP contribution in [-0.4, -0.2) is 58.4 Å². The molecule has 2 atom stereocenters. The highest BCUT2D eigenvalue weighted by Gasteiger charge is 2.42. The van der Waals surface area contributed by atoms with E-state index in [0.29, 0.717) is 38.5 Å². The van der Waals surface area contributed by atoms with Crippen LogP contribution in [0.2, 0.25) is 0 Å². The Labute approximate surface area is 136 Å². The Hall–Kier alpha value is -1.59. The molecule has 3 rings (SSSR count). The summed E-state index contributed by atoms with van der Waals surface area (Å²) in [4.78, 5) is 39.5. The van der Waals surface area contributed by atoms with Crippen molar-refractivity contribution in [3.05, 3.63) is 0 Å². The van der Waals surface area contributed by atoms with E-state index in [4.69, 9.17) is 5.11 Å². The SMILES string of the molecule is CC1CCC(N2C[C@H](C(=O)N3CC[C@@H](C(=O)O)C3)CC2=O)CC1. The minimum absolute atomic E-state index is 0.0335. The van der Waals surface area contributed by atoms with E-state index in [1.54, 1.807) is 4.90 Å². The molecule has 0 radical (unpaired) electrons. The number of carboxylic acid groups (broad SMARTS) is 1. The van der Waals surface area contributed by atoms with Gasteiger partial charge in [-0.1, -0.05) is 6.92 Å². The van der Waals surface area contributed by atoms with Crippen LogP contribution >= 0.6 is 0 Å². The van der Waals surface area contributed by atoms with Crippen molar-refractivity contribution >= 4 is 17.8 Å². The number of carbonyl (C=O) groups is 3. The molecule has 0 aromatic heterocycles. The molecule has 2 heterocycles. The van der Waals surface area contributed by atoms with Gasteiger partial charge >= 0.3 is 5.97 Å². The van der Waals surface area contributed by atoms with E-state index in [9.17, 15) is 14.4 Å². The van der Waals surface area contributed by atoms with Gasteiger partial charge in [0.05, 0.1) is 11.8 Å². The topological polar surface area (TPSA) is 77.9 Å². The molecule has 0 aromatic carbocycles. The summed E-state index contributed by atoms with van der Waals surface area (Å²) in [5.74, 6) is -0.772. The summed E-state index contributed by atoms with van der Waals surface area (Å²) in [6, 6.07) is 0.293. The number of carbonyl (C=O) groups excluding carboxylic acids is 2. The van der Waals surface area contributed by atoms with Crippen molar-refractivity contribution in [1.82, 2.24) is 9.80 Å². The van der Waals surface area contributed by atoms with E-state index in [1.165, 1.54) is 0 Å². The number of carboxylic acids is 1. The number of rotatable bonds is 3. The molecule has 2 amide bonds. The van der Waals surface area contributed by atoms with Crippen molar-refractivity contribution in [1.29, 1.82) is 0 Å². The molecule has 1 aliphatic carbocycles. The van der Waals surface area contributed by atoms with Crippen LogP contribution in [0.5, 0.6) is 0 Å². The normalized spacial score (nSPS) is 34.9. The first-order chi connectivity index (χ1) is 11.0. The Morgan fingerprint density at radius 1 is 1.04 bits per heavy atom. The number of amides is 2. The highest BCUT2D eigenvalue weighted by Crippen LogP contribution is 2.32. The summed E-state index contributed by atoms with van der Waals surface area (Å²) in [6.07, 6.45) is 5.20. The van der Waals surface area contributed by atoms with Crippen LogP contribution in [0.1, 0.15) is 45.4 Å². The average molecular weight is 322 g/mol. The predicted octanol–water partition coefficient (Wildman–Crippen LogP) is 1.35. The maximum absolute atomic E-state index is 12.6. The van der Waals surface area contributed by atoms with Crippen LogP contribution in [0.15, 0.2) is 0 Å². The third-order valence-corrected chi connectivity index (χ3v) is 5.78. The smallest absolute Gasteiger partial charge is 0.308 e. The Kier molecular flexibility index (Phi) is 4.60. The lowest BCUT2D eigenvalue weighted by atomic mass is 9.86. The Bertz CT molecular complexity index is 499. The molecule has 6 nitrogen and oxygen atoms in total. The molecule has 2 aliphatic heterocycles. The Balaban J connectivity index is 1.57. The lowest BCUT2D eigenvalue weighted by Gasteiger charge is -2.33. The fourth-order valence-corrected chi connectivity index (χ4v) is 4.22. The van der Waals surface area contributed by atoms with Crippen LogP contribution in [0.3, 0.4) is 0 Å². The van der Waals surface area contributed by atoms with E-state index >= 15 is 0 Å². The molecule has 1 N–H and O–H groups in total. The van der Waals surface area contributed by atoms with Gasteiger partial charge in [0.2, 0.25) is 11.8 Å². The van der Waals surface area contributed by atoms with Gasteiger partial charge in [0, 0.05) is 32.1 Å². The summed E-state index contributed by atoms with van der Waals surface area (Å²) in [5, 5.41) is 9.05. The Morgan fingerprint density at radius 3 is 2.35 bits per heavy atom. The summed E-state index contributed by atoms with van der Waals surface area (Å²) < 4.78 is 0. The highest BCUT2D eigenvalue weighted by atomic mass is 16.4. The predicted molar refractivity (Wildman–Crippen MR) is 83.6 cm³/mol. The average Bonchev–Trinajstić information content (AvgIpc) is 3.14. The first-order valence-electron chi connectivity index (χ1n) is 8.76. The van der Waals surface area contributed by atoms with Crippen LogP contribution in [-0.2, 0) is 14.4 Å². The largest absolute Gasteiger partial charge is 0.481 e. The van der Waals surface area contributed by atoms with Crippen LogP contribution < -0.4 is 0 Å². The van der Waals surface area contributed by atoms with Crippen molar-refractivity contribution < 1.29 is 19.5 Å². The summed E-state index contributed by atoms with van der Waals surface area (Å²) in [5.41, 5.74) is 0. The molecule has 3 fully saturated rings. The van der Waals surface area contributed by atoms with Crippen LogP contribution in [0.25, 0.3) is 0 Å². The molecule has 3 aliphatic rings. The van der Waals surface area contributed by atoms with Gasteiger partial charge in [-0.2, -0.15) is 0 Å². The molecule has 0 unspecified atom stereocenters. The quantitative estimate of drug-likeness (QED) is 0.851. The van der Waals surface area contributed by atoms with Gasteiger partial charge in [0.1, 0.15) is 0 Å². The monoisotopic (exact) mass is 322 g/mol. The van der Waals surface area contributed by atoms with Crippen molar-refractivity contribution in [3.63, 3.8) is 0 Å². The van der Waals surface area contributed by atoms with Gasteiger partial charge in [-0.05, 0) is 38.0 Å². The van der Waals surface area contributed by atoms with E-state index in [0.717, 1.165) is 31.6 Å². The minimum Gasteiger partial charge on any atom is -0.481 e. The summed E-state index contributed by atoms with van der Waals surface area (Å²) >= 11 is 0. The van der Waals surface area contributed by atoms with Crippen molar-refractivity contribution in [2.24, 2.45) is 17.8 Å². The zero-order valence-electron chi connectivity index (χ0n) is 13.7. The standard InChI is InChI=1S/C17H26N2O4/c1-11-2-4-14(5-3-11)19-10-13(8-15(19)20)16(21)18-7-6-12(9-18)17(22)23/h11-14H,2-10H2,1H3,(H,22,23)/t11?,12-,13-,14?/m1/s1. The zero-order chi connectivity index (χ0) is 16.6. The van der Waals surface area contributed by atoms with Crippen molar-refractivity contribution in [2.75, 3.05) is 19.6 Å². The third-order valence-electron chi connectivity index (χ3n) is 5.78. The summed E-state index contributed by atoms with van der Waals surface area (Å²) in [6.45, 7) is 3.56. The van der Waals surface area contributed by atoms with Crippen molar-refractivity contribution in [2.45, 2.75) is 51.5 Å². The first kappa shape index (κ1) is 16.3. The molecule has 23 heavy (non-hydrogen) atoms. The number of hydrogen-bond acceptors (Lipinski definition) is 3. The number of likely N-dealkylation sites (tertiary alicyclic amines) is 2. The molecular weight excluding hydrogens is 296 g/mol. The molecular formula is C17H26N2O4. The maximum Gasteiger partial charge on any atom is 0.308 e. The fraction of sp³-hybridized carbons (Fsp3) is 0.824. The van der Waals surface area contributed by atoms with Gasteiger partial charge in [-0.3, -0.25) is 14.4 Å². The Morgan fingerprint density at radius 2 is 1.74 bits per heavy atom. The van der Waals surface area contributed by atoms with Gasteiger partial charge in [-0.25, -0.2) is 0 Å². The fourth-order valence-electron chi connectivity index (χ4n) is 4.22. The molecule has 2 saturated heterocycles. The van der Waals surface area contributed by atoms with Gasteiger partial charge in [-0.15, -0.1) is 0 Å². The highest BCUT2D eigenvalue weighted by molar-refractivity contribution is 5.90. The molecule has 1 saturated carbocycles. The number of hydrogen-bond donors (Lipinski definition) is 1. The van der Waals surface area contributed by atoms with Crippen LogP contribution in [0, 0.1) is 17.8 Å². The molecule has 6 heteroatoms. The minimum atomic E-state index is -0.833. The van der Waals surface area contributed by atoms with E-state index in [2.05, 4.69) is 6.92 Å². The lowest BCUT2D eigenvalue weighted by molar-refractivity contribution is -0.141. The molecule has 0 spiro atoms. The van der Waals surface area contributed by atoms with Gasteiger partial charge in [0.15, 0.2) is 0 Å². The number of nitrogens with zero attached hydrogens (tertiary/aromatic N) is 2. The van der Waals surface area contributed by atoms with E-state index in [1.807, 2.05) is 4.90 Å². The third kappa shape index (κ3) is 3.35. The lowest BCUT2D eigenvalue weighted by Crippen LogP contribution is -2.40. The second-order valence-electron chi connectivity index (χ2n) is 7.47. The van der Waals surface area contributed by atoms with Gasteiger partial charge in [0.25, 0.3) is 0 Å².